The van der Waals surface area contributed by atoms with E-state index in [0.717, 1.165) is 25.1 Å². The van der Waals surface area contributed by atoms with Crippen LogP contribution in [0.15, 0.2) is 24.3 Å². The van der Waals surface area contributed by atoms with Crippen molar-refractivity contribution in [1.29, 1.82) is 0 Å². The molecular weight excluding hydrogens is 273 g/mol. The Morgan fingerprint density at radius 3 is 2.29 bits per heavy atom. The molecule has 0 aromatic heterocycles. The van der Waals surface area contributed by atoms with E-state index in [9.17, 15) is 4.39 Å². The van der Waals surface area contributed by atoms with Crippen LogP contribution in [0.4, 0.5) is 10.1 Å². The van der Waals surface area contributed by atoms with Crippen LogP contribution in [0.3, 0.4) is 0 Å². The van der Waals surface area contributed by atoms with Crippen LogP contribution in [-0.4, -0.2) is 46.2 Å². The molecular formula is C16H26FNO3. The van der Waals surface area contributed by atoms with Gasteiger partial charge >= 0.3 is 0 Å². The van der Waals surface area contributed by atoms with Crippen molar-refractivity contribution < 1.29 is 18.6 Å². The minimum Gasteiger partial charge on any atom is -0.383 e. The Kier molecular flexibility index (Phi) is 10.7. The topological polar surface area (TPSA) is 39.7 Å². The minimum atomic E-state index is -0.240. The summed E-state index contributed by atoms with van der Waals surface area (Å²) in [5, 5.41) is 3.09. The second-order valence-electron chi connectivity index (χ2n) is 4.63. The predicted molar refractivity (Wildman–Crippen MR) is 82.3 cm³/mol. The lowest BCUT2D eigenvalue weighted by atomic mass is 10.3. The zero-order chi connectivity index (χ0) is 15.2. The van der Waals surface area contributed by atoms with Crippen molar-refractivity contribution in [2.45, 2.75) is 19.8 Å². The molecule has 0 aliphatic heterocycles. The van der Waals surface area contributed by atoms with Crippen LogP contribution >= 0.6 is 0 Å². The van der Waals surface area contributed by atoms with Gasteiger partial charge in [0.1, 0.15) is 5.82 Å². The maximum Gasteiger partial charge on any atom is 0.125 e. The Hall–Kier alpha value is -1.17. The van der Waals surface area contributed by atoms with Crippen LogP contribution in [0.1, 0.15) is 19.8 Å². The monoisotopic (exact) mass is 299 g/mol. The number of anilines is 1. The van der Waals surface area contributed by atoms with E-state index in [-0.39, 0.29) is 5.82 Å². The highest BCUT2D eigenvalue weighted by Crippen LogP contribution is 2.08. The van der Waals surface area contributed by atoms with E-state index in [0.29, 0.717) is 39.6 Å². The normalized spacial score (nSPS) is 10.8. The summed E-state index contributed by atoms with van der Waals surface area (Å²) in [5.74, 6) is -0.240. The Labute approximate surface area is 126 Å². The molecule has 1 aromatic carbocycles. The number of hydrogen-bond donors (Lipinski definition) is 1. The van der Waals surface area contributed by atoms with Gasteiger partial charge in [0, 0.05) is 18.8 Å². The van der Waals surface area contributed by atoms with Gasteiger partial charge in [-0.3, -0.25) is 0 Å². The number of rotatable bonds is 13. The average molecular weight is 299 g/mol. The largest absolute Gasteiger partial charge is 0.383 e. The number of nitrogens with one attached hydrogen (secondary N) is 1. The maximum atomic E-state index is 12.9. The number of benzene rings is 1. The summed E-state index contributed by atoms with van der Waals surface area (Å²) in [6, 6.07) is 6.38. The van der Waals surface area contributed by atoms with Crippen molar-refractivity contribution in [2.24, 2.45) is 0 Å². The fourth-order valence-corrected chi connectivity index (χ4v) is 1.65. The van der Waals surface area contributed by atoms with E-state index in [4.69, 9.17) is 14.2 Å². The third kappa shape index (κ3) is 10.2. The van der Waals surface area contributed by atoms with Crippen LogP contribution in [-0.2, 0) is 14.2 Å². The maximum absolute atomic E-state index is 12.9. The lowest BCUT2D eigenvalue weighted by molar-refractivity contribution is 0.0159. The molecule has 21 heavy (non-hydrogen) atoms. The van der Waals surface area contributed by atoms with E-state index < -0.39 is 0 Å². The molecule has 0 amide bonds. The first-order valence-corrected chi connectivity index (χ1v) is 7.55. The molecule has 0 saturated heterocycles. The van der Waals surface area contributed by atoms with Gasteiger partial charge in [0.15, 0.2) is 0 Å². The van der Waals surface area contributed by atoms with Gasteiger partial charge in [-0.05, 0) is 24.6 Å². The smallest absolute Gasteiger partial charge is 0.125 e. The van der Waals surface area contributed by atoms with Gasteiger partial charge < -0.3 is 19.5 Å². The number of unbranched alkanes of at least 4 members (excludes halogenated alkanes) is 1. The lowest BCUT2D eigenvalue weighted by Gasteiger charge is -2.08. The van der Waals surface area contributed by atoms with Crippen molar-refractivity contribution in [3.63, 3.8) is 0 Å². The van der Waals surface area contributed by atoms with Crippen LogP contribution in [0.2, 0.25) is 0 Å². The Bertz CT molecular complexity index is 363. The molecule has 120 valence electrons. The molecule has 0 aliphatic rings. The number of hydrogen-bond acceptors (Lipinski definition) is 4. The van der Waals surface area contributed by atoms with Crippen LogP contribution < -0.4 is 5.32 Å². The minimum absolute atomic E-state index is 0.240. The highest BCUT2D eigenvalue weighted by molar-refractivity contribution is 5.42. The van der Waals surface area contributed by atoms with Gasteiger partial charge in [0.2, 0.25) is 0 Å². The van der Waals surface area contributed by atoms with Gasteiger partial charge in [-0.15, -0.1) is 0 Å². The highest BCUT2D eigenvalue weighted by Gasteiger charge is 1.95. The third-order valence-corrected chi connectivity index (χ3v) is 2.79. The molecule has 0 heterocycles. The first-order valence-electron chi connectivity index (χ1n) is 7.55. The molecule has 0 spiro atoms. The summed E-state index contributed by atoms with van der Waals surface area (Å²) < 4.78 is 29.1. The summed E-state index contributed by atoms with van der Waals surface area (Å²) in [4.78, 5) is 0. The molecule has 0 unspecified atom stereocenters. The molecule has 1 aromatic rings. The molecule has 1 rings (SSSR count). The first-order chi connectivity index (χ1) is 10.3. The fourth-order valence-electron chi connectivity index (χ4n) is 1.65. The third-order valence-electron chi connectivity index (χ3n) is 2.79. The van der Waals surface area contributed by atoms with Gasteiger partial charge in [0.25, 0.3) is 0 Å². The summed E-state index contributed by atoms with van der Waals surface area (Å²) in [6.45, 7) is 6.52. The Balaban J connectivity index is 1.82. The van der Waals surface area contributed by atoms with Crippen LogP contribution in [0, 0.1) is 5.82 Å². The van der Waals surface area contributed by atoms with Gasteiger partial charge in [-0.2, -0.15) is 0 Å². The zero-order valence-electron chi connectivity index (χ0n) is 12.8. The molecule has 4 nitrogen and oxygen atoms in total. The average Bonchev–Trinajstić information content (AvgIpc) is 2.48. The summed E-state index contributed by atoms with van der Waals surface area (Å²) in [7, 11) is 0. The molecule has 1 N–H and O–H groups in total. The van der Waals surface area contributed by atoms with E-state index in [1.54, 1.807) is 6.07 Å². The predicted octanol–water partition coefficient (Wildman–Crippen LogP) is 3.09. The molecule has 0 aliphatic carbocycles. The second-order valence-corrected chi connectivity index (χ2v) is 4.63. The van der Waals surface area contributed by atoms with Crippen LogP contribution in [0.25, 0.3) is 0 Å². The van der Waals surface area contributed by atoms with Crippen molar-refractivity contribution in [2.75, 3.05) is 51.5 Å². The van der Waals surface area contributed by atoms with Crippen molar-refractivity contribution in [1.82, 2.24) is 0 Å². The van der Waals surface area contributed by atoms with E-state index in [1.807, 2.05) is 6.07 Å². The van der Waals surface area contributed by atoms with Crippen molar-refractivity contribution in [3.8, 4) is 0 Å². The standard InChI is InChI=1S/C16H26FNO3/c1-2-3-8-19-10-12-21-13-11-20-9-7-18-16-6-4-5-15(17)14-16/h4-6,14,18H,2-3,7-13H2,1H3. The summed E-state index contributed by atoms with van der Waals surface area (Å²) in [5.41, 5.74) is 0.763. The first kappa shape index (κ1) is 17.9. The molecule has 0 bridgehead atoms. The molecule has 0 radical (unpaired) electrons. The van der Waals surface area contributed by atoms with E-state index in [2.05, 4.69) is 12.2 Å². The SMILES string of the molecule is CCCCOCCOCCOCCNc1cccc(F)c1. The summed E-state index contributed by atoms with van der Waals surface area (Å²) >= 11 is 0. The van der Waals surface area contributed by atoms with Crippen LogP contribution in [0.5, 0.6) is 0 Å². The number of halogens is 1. The second kappa shape index (κ2) is 12.6. The fraction of sp³-hybridized carbons (Fsp3) is 0.625. The number of ether oxygens (including phenoxy) is 3. The van der Waals surface area contributed by atoms with Gasteiger partial charge in [0.05, 0.1) is 33.0 Å². The summed E-state index contributed by atoms with van der Waals surface area (Å²) in [6.07, 6.45) is 2.25. The lowest BCUT2D eigenvalue weighted by Crippen LogP contribution is -2.14. The van der Waals surface area contributed by atoms with Crippen molar-refractivity contribution >= 4 is 5.69 Å². The Morgan fingerprint density at radius 1 is 0.952 bits per heavy atom. The van der Waals surface area contributed by atoms with Gasteiger partial charge in [-0.25, -0.2) is 4.39 Å². The van der Waals surface area contributed by atoms with E-state index in [1.165, 1.54) is 12.1 Å². The highest BCUT2D eigenvalue weighted by atomic mass is 19.1. The molecule has 0 saturated carbocycles. The van der Waals surface area contributed by atoms with Gasteiger partial charge in [-0.1, -0.05) is 19.4 Å². The zero-order valence-corrected chi connectivity index (χ0v) is 12.8. The van der Waals surface area contributed by atoms with Crippen molar-refractivity contribution in [3.05, 3.63) is 30.1 Å². The van der Waals surface area contributed by atoms with E-state index >= 15 is 0 Å². The molecule has 0 fully saturated rings. The Morgan fingerprint density at radius 2 is 1.62 bits per heavy atom. The molecule has 5 heteroatoms. The quantitative estimate of drug-likeness (QED) is 0.568. The molecule has 0 atom stereocenters.